The molecule has 1 atom stereocenters. The van der Waals surface area contributed by atoms with E-state index < -0.39 is 0 Å². The second-order valence-electron chi connectivity index (χ2n) is 7.11. The quantitative estimate of drug-likeness (QED) is 0.276. The van der Waals surface area contributed by atoms with Gasteiger partial charge in [-0.15, -0.1) is 24.0 Å². The van der Waals surface area contributed by atoms with Gasteiger partial charge in [-0.1, -0.05) is 0 Å². The molecule has 2 aliphatic heterocycles. The van der Waals surface area contributed by atoms with Crippen LogP contribution >= 0.6 is 24.0 Å². The van der Waals surface area contributed by atoms with E-state index >= 15 is 0 Å². The molecule has 0 aliphatic carbocycles. The predicted octanol–water partition coefficient (Wildman–Crippen LogP) is 1.37. The third-order valence-corrected chi connectivity index (χ3v) is 4.91. The Morgan fingerprint density at radius 3 is 2.71 bits per heavy atom. The SMILES string of the molecule is CN=C(NCCCN1CCCN(C)CC1)NCC1(C)CCCO1.I. The fourth-order valence-electron chi connectivity index (χ4n) is 3.30. The average Bonchev–Trinajstić information content (AvgIpc) is 2.87. The Bertz CT molecular complexity index is 374. The van der Waals surface area contributed by atoms with Crippen LogP contribution in [0.4, 0.5) is 0 Å². The number of likely N-dealkylation sites (N-methyl/N-ethyl adjacent to an activating group) is 1. The zero-order valence-electron chi connectivity index (χ0n) is 15.6. The lowest BCUT2D eigenvalue weighted by molar-refractivity contribution is 0.0243. The molecule has 0 spiro atoms. The highest BCUT2D eigenvalue weighted by Crippen LogP contribution is 2.23. The van der Waals surface area contributed by atoms with Gasteiger partial charge in [0.15, 0.2) is 5.96 Å². The first-order chi connectivity index (χ1) is 11.1. The summed E-state index contributed by atoms with van der Waals surface area (Å²) in [5.74, 6) is 0.886. The molecule has 0 amide bonds. The highest BCUT2D eigenvalue weighted by Gasteiger charge is 2.29. The smallest absolute Gasteiger partial charge is 0.191 e. The van der Waals surface area contributed by atoms with Gasteiger partial charge in [0.1, 0.15) is 0 Å². The van der Waals surface area contributed by atoms with Crippen molar-refractivity contribution in [3.63, 3.8) is 0 Å². The van der Waals surface area contributed by atoms with Crippen molar-refractivity contribution < 1.29 is 4.74 Å². The van der Waals surface area contributed by atoms with E-state index in [0.29, 0.717) is 0 Å². The van der Waals surface area contributed by atoms with Gasteiger partial charge in [0.25, 0.3) is 0 Å². The minimum absolute atomic E-state index is 0. The maximum Gasteiger partial charge on any atom is 0.191 e. The van der Waals surface area contributed by atoms with Crippen molar-refractivity contribution in [2.75, 3.05) is 66.5 Å². The number of ether oxygens (including phenoxy) is 1. The molecule has 142 valence electrons. The summed E-state index contributed by atoms with van der Waals surface area (Å²) in [7, 11) is 4.05. The van der Waals surface area contributed by atoms with E-state index in [-0.39, 0.29) is 29.6 Å². The summed E-state index contributed by atoms with van der Waals surface area (Å²) < 4.78 is 5.80. The fourth-order valence-corrected chi connectivity index (χ4v) is 3.30. The first kappa shape index (κ1) is 21.9. The maximum atomic E-state index is 5.80. The van der Waals surface area contributed by atoms with Gasteiger partial charge in [0, 0.05) is 39.8 Å². The average molecular weight is 453 g/mol. The van der Waals surface area contributed by atoms with Gasteiger partial charge in [-0.05, 0) is 59.3 Å². The summed E-state index contributed by atoms with van der Waals surface area (Å²) in [5.41, 5.74) is -0.0320. The molecule has 2 fully saturated rings. The van der Waals surface area contributed by atoms with Gasteiger partial charge >= 0.3 is 0 Å². The van der Waals surface area contributed by atoms with E-state index in [4.69, 9.17) is 4.74 Å². The Labute approximate surface area is 164 Å². The van der Waals surface area contributed by atoms with Crippen LogP contribution < -0.4 is 10.6 Å². The maximum absolute atomic E-state index is 5.80. The number of hydrogen-bond donors (Lipinski definition) is 2. The number of halogens is 1. The second kappa shape index (κ2) is 11.5. The minimum Gasteiger partial charge on any atom is -0.373 e. The molecular weight excluding hydrogens is 417 g/mol. The van der Waals surface area contributed by atoms with E-state index in [1.54, 1.807) is 0 Å². The van der Waals surface area contributed by atoms with E-state index in [1.165, 1.54) is 39.1 Å². The van der Waals surface area contributed by atoms with Crippen molar-refractivity contribution in [3.05, 3.63) is 0 Å². The standard InChI is InChI=1S/C17H35N5O.HI/c1-17(7-4-14-23-17)15-20-16(18-2)19-8-5-10-22-11-6-9-21(3)12-13-22;/h4-15H2,1-3H3,(H2,18,19,20);1H. The molecule has 24 heavy (non-hydrogen) atoms. The highest BCUT2D eigenvalue weighted by atomic mass is 127. The van der Waals surface area contributed by atoms with Gasteiger partial charge in [0.2, 0.25) is 0 Å². The second-order valence-corrected chi connectivity index (χ2v) is 7.11. The molecule has 0 radical (unpaired) electrons. The topological polar surface area (TPSA) is 52.1 Å². The van der Waals surface area contributed by atoms with Crippen LogP contribution in [0, 0.1) is 0 Å². The molecule has 0 aromatic carbocycles. The predicted molar refractivity (Wildman–Crippen MR) is 112 cm³/mol. The summed E-state index contributed by atoms with van der Waals surface area (Å²) in [6.07, 6.45) is 4.72. The largest absolute Gasteiger partial charge is 0.373 e. The van der Waals surface area contributed by atoms with E-state index in [1.807, 2.05) is 7.05 Å². The summed E-state index contributed by atoms with van der Waals surface area (Å²) in [6, 6.07) is 0. The number of nitrogens with one attached hydrogen (secondary N) is 2. The number of aliphatic imine (C=N–C) groups is 1. The first-order valence-electron chi connectivity index (χ1n) is 9.11. The minimum atomic E-state index is -0.0320. The monoisotopic (exact) mass is 453 g/mol. The summed E-state index contributed by atoms with van der Waals surface area (Å²) in [5, 5.41) is 6.82. The zero-order valence-corrected chi connectivity index (χ0v) is 18.0. The van der Waals surface area contributed by atoms with Crippen LogP contribution in [0.3, 0.4) is 0 Å². The molecular formula is C17H36IN5O. The van der Waals surface area contributed by atoms with Gasteiger partial charge in [-0.2, -0.15) is 0 Å². The van der Waals surface area contributed by atoms with Gasteiger partial charge in [-0.3, -0.25) is 4.99 Å². The Kier molecular flexibility index (Phi) is 10.5. The first-order valence-corrected chi connectivity index (χ1v) is 9.11. The molecule has 2 heterocycles. The lowest BCUT2D eigenvalue weighted by Gasteiger charge is -2.25. The lowest BCUT2D eigenvalue weighted by atomic mass is 10.0. The molecule has 0 bridgehead atoms. The zero-order chi connectivity index (χ0) is 16.5. The molecule has 2 aliphatic rings. The van der Waals surface area contributed by atoms with E-state index in [2.05, 4.69) is 39.4 Å². The van der Waals surface area contributed by atoms with Crippen molar-refractivity contribution in [3.8, 4) is 0 Å². The van der Waals surface area contributed by atoms with Crippen LogP contribution in [0.5, 0.6) is 0 Å². The van der Waals surface area contributed by atoms with Crippen molar-refractivity contribution in [2.45, 2.75) is 38.2 Å². The van der Waals surface area contributed by atoms with Crippen molar-refractivity contribution in [2.24, 2.45) is 4.99 Å². The Morgan fingerprint density at radius 2 is 2.00 bits per heavy atom. The van der Waals surface area contributed by atoms with Crippen LogP contribution in [0.25, 0.3) is 0 Å². The van der Waals surface area contributed by atoms with Crippen LogP contribution in [0.15, 0.2) is 4.99 Å². The fraction of sp³-hybridized carbons (Fsp3) is 0.941. The van der Waals surface area contributed by atoms with Crippen LogP contribution in [0.2, 0.25) is 0 Å². The Morgan fingerprint density at radius 1 is 1.17 bits per heavy atom. The Balaban J connectivity index is 0.00000288. The van der Waals surface area contributed by atoms with Crippen LogP contribution in [-0.4, -0.2) is 87.9 Å². The number of nitrogens with zero attached hydrogens (tertiary/aromatic N) is 3. The van der Waals surface area contributed by atoms with Gasteiger partial charge in [0.05, 0.1) is 5.60 Å². The molecule has 0 aromatic rings. The van der Waals surface area contributed by atoms with E-state index in [9.17, 15) is 0 Å². The molecule has 6 nitrogen and oxygen atoms in total. The molecule has 0 aromatic heterocycles. The molecule has 2 N–H and O–H groups in total. The van der Waals surface area contributed by atoms with Crippen molar-refractivity contribution in [1.29, 1.82) is 0 Å². The molecule has 1 unspecified atom stereocenters. The number of guanidine groups is 1. The highest BCUT2D eigenvalue weighted by molar-refractivity contribution is 14.0. The molecule has 2 rings (SSSR count). The van der Waals surface area contributed by atoms with E-state index in [0.717, 1.165) is 44.9 Å². The van der Waals surface area contributed by atoms with Gasteiger partial charge < -0.3 is 25.2 Å². The van der Waals surface area contributed by atoms with Crippen LogP contribution in [-0.2, 0) is 4.74 Å². The number of hydrogen-bond acceptors (Lipinski definition) is 4. The lowest BCUT2D eigenvalue weighted by Crippen LogP contribution is -2.46. The molecule has 7 heteroatoms. The molecule has 0 saturated carbocycles. The summed E-state index contributed by atoms with van der Waals surface area (Å²) in [6.45, 7) is 10.9. The van der Waals surface area contributed by atoms with Crippen molar-refractivity contribution in [1.82, 2.24) is 20.4 Å². The summed E-state index contributed by atoms with van der Waals surface area (Å²) >= 11 is 0. The summed E-state index contributed by atoms with van der Waals surface area (Å²) in [4.78, 5) is 9.31. The third-order valence-electron chi connectivity index (χ3n) is 4.91. The Hall–Kier alpha value is -0.120. The van der Waals surface area contributed by atoms with Crippen molar-refractivity contribution >= 4 is 29.9 Å². The normalized spacial score (nSPS) is 26.7. The molecule has 2 saturated heterocycles. The van der Waals surface area contributed by atoms with Crippen LogP contribution in [0.1, 0.15) is 32.6 Å². The van der Waals surface area contributed by atoms with Gasteiger partial charge in [-0.25, -0.2) is 0 Å². The number of rotatable bonds is 6. The third kappa shape index (κ3) is 7.84.